The number of nitrogens with zero attached hydrogens (tertiary/aromatic N) is 2. The molecule has 0 radical (unpaired) electrons. The van der Waals surface area contributed by atoms with Crippen molar-refractivity contribution in [3.8, 4) is 11.1 Å². The number of benzene rings is 1. The van der Waals surface area contributed by atoms with Crippen LogP contribution in [-0.2, 0) is 21.2 Å². The summed E-state index contributed by atoms with van der Waals surface area (Å²) in [5, 5.41) is 0.881. The van der Waals surface area contributed by atoms with E-state index in [0.29, 0.717) is 24.9 Å². The SMILES string of the molecule is O=C(Cc1cc2c(-c3ccc(S(=O)(=O)NC4CCS(O)(O)CC4)cc3)ccnc2[nH]1)N1CCCC1. The minimum atomic E-state index is -3.72. The van der Waals surface area contributed by atoms with Gasteiger partial charge >= 0.3 is 0 Å². The predicted octanol–water partition coefficient (Wildman–Crippen LogP) is 3.59. The lowest BCUT2D eigenvalue weighted by atomic mass is 10.0. The molecule has 188 valence electrons. The van der Waals surface area contributed by atoms with Crippen LogP contribution in [-0.4, -0.2) is 68.9 Å². The van der Waals surface area contributed by atoms with Crippen LogP contribution < -0.4 is 4.72 Å². The molecular weight excluding hydrogens is 488 g/mol. The minimum absolute atomic E-state index is 0.112. The highest BCUT2D eigenvalue weighted by molar-refractivity contribution is 8.24. The summed E-state index contributed by atoms with van der Waals surface area (Å²) in [7, 11) is -6.28. The van der Waals surface area contributed by atoms with E-state index in [2.05, 4.69) is 14.7 Å². The highest BCUT2D eigenvalue weighted by atomic mass is 32.3. The molecule has 9 nitrogen and oxygen atoms in total. The molecule has 0 unspecified atom stereocenters. The molecular formula is C24H30N4O5S2. The van der Waals surface area contributed by atoms with Crippen molar-refractivity contribution in [2.45, 2.75) is 43.0 Å². The molecule has 0 bridgehead atoms. The fourth-order valence-corrected chi connectivity index (χ4v) is 7.63. The van der Waals surface area contributed by atoms with Crippen LogP contribution in [0.5, 0.6) is 0 Å². The molecule has 11 heteroatoms. The Hall–Kier alpha value is -2.44. The van der Waals surface area contributed by atoms with E-state index >= 15 is 0 Å². The van der Waals surface area contributed by atoms with Crippen molar-refractivity contribution in [2.24, 2.45) is 0 Å². The van der Waals surface area contributed by atoms with Crippen LogP contribution >= 0.6 is 10.6 Å². The third-order valence-electron chi connectivity index (χ3n) is 6.77. The lowest BCUT2D eigenvalue weighted by Crippen LogP contribution is -2.39. The first-order valence-electron chi connectivity index (χ1n) is 11.8. The fourth-order valence-electron chi connectivity index (χ4n) is 4.80. The molecule has 2 aliphatic rings. The molecule has 2 saturated heterocycles. The molecule has 1 amide bonds. The molecule has 0 spiro atoms. The van der Waals surface area contributed by atoms with E-state index in [4.69, 9.17) is 0 Å². The molecule has 1 aromatic carbocycles. The zero-order valence-electron chi connectivity index (χ0n) is 19.3. The van der Waals surface area contributed by atoms with E-state index in [0.717, 1.165) is 48.1 Å². The van der Waals surface area contributed by atoms with Gasteiger partial charge in [-0.25, -0.2) is 18.1 Å². The number of likely N-dealkylation sites (tertiary alicyclic amines) is 1. The molecule has 4 heterocycles. The zero-order chi connectivity index (χ0) is 24.6. The van der Waals surface area contributed by atoms with Crippen LogP contribution in [0.3, 0.4) is 0 Å². The predicted molar refractivity (Wildman–Crippen MR) is 137 cm³/mol. The number of carbonyl (C=O) groups excluding carboxylic acids is 1. The molecule has 5 rings (SSSR count). The third-order valence-corrected chi connectivity index (χ3v) is 10.1. The first-order valence-corrected chi connectivity index (χ1v) is 15.2. The highest BCUT2D eigenvalue weighted by Gasteiger charge is 2.28. The largest absolute Gasteiger partial charge is 0.343 e. The van der Waals surface area contributed by atoms with E-state index in [1.54, 1.807) is 30.5 Å². The van der Waals surface area contributed by atoms with Gasteiger partial charge in [-0.3, -0.25) is 13.9 Å². The summed E-state index contributed by atoms with van der Waals surface area (Å²) in [6.45, 7) is 1.64. The number of rotatable bonds is 6. The summed E-state index contributed by atoms with van der Waals surface area (Å²) in [6.07, 6.45) is 4.92. The number of hydrogen-bond donors (Lipinski definition) is 4. The Labute approximate surface area is 206 Å². The summed E-state index contributed by atoms with van der Waals surface area (Å²) in [5.41, 5.74) is 3.25. The van der Waals surface area contributed by atoms with Crippen LogP contribution in [0, 0.1) is 0 Å². The molecule has 35 heavy (non-hydrogen) atoms. The van der Waals surface area contributed by atoms with Crippen molar-refractivity contribution in [3.05, 3.63) is 48.3 Å². The number of H-pyrrole nitrogens is 1. The molecule has 2 aromatic heterocycles. The Bertz CT molecular complexity index is 1320. The second-order valence-corrected chi connectivity index (χ2v) is 13.4. The normalized spacial score (nSPS) is 19.8. The minimum Gasteiger partial charge on any atom is -0.343 e. The van der Waals surface area contributed by atoms with Gasteiger partial charge < -0.3 is 9.88 Å². The number of carbonyl (C=O) groups is 1. The average Bonchev–Trinajstić information content (AvgIpc) is 3.50. The van der Waals surface area contributed by atoms with Crippen molar-refractivity contribution >= 4 is 37.6 Å². The van der Waals surface area contributed by atoms with Crippen LogP contribution in [0.2, 0.25) is 0 Å². The van der Waals surface area contributed by atoms with Crippen molar-refractivity contribution in [1.82, 2.24) is 19.6 Å². The van der Waals surface area contributed by atoms with E-state index in [1.165, 1.54) is 0 Å². The Balaban J connectivity index is 1.33. The number of aromatic nitrogens is 2. The van der Waals surface area contributed by atoms with Gasteiger partial charge in [0.1, 0.15) is 5.65 Å². The number of sulfonamides is 1. The quantitative estimate of drug-likeness (QED) is 0.394. The van der Waals surface area contributed by atoms with Gasteiger partial charge in [-0.2, -0.15) is 10.6 Å². The van der Waals surface area contributed by atoms with E-state index in [1.807, 2.05) is 17.0 Å². The number of amides is 1. The number of aromatic amines is 1. The Kier molecular flexibility index (Phi) is 6.62. The third kappa shape index (κ3) is 5.39. The number of nitrogens with one attached hydrogen (secondary N) is 2. The monoisotopic (exact) mass is 518 g/mol. The molecule has 3 aromatic rings. The zero-order valence-corrected chi connectivity index (χ0v) is 20.9. The topological polar surface area (TPSA) is 136 Å². The first-order chi connectivity index (χ1) is 16.7. The maximum absolute atomic E-state index is 12.9. The van der Waals surface area contributed by atoms with Crippen LogP contribution in [0.25, 0.3) is 22.2 Å². The average molecular weight is 519 g/mol. The fraction of sp³-hybridized carbons (Fsp3) is 0.417. The summed E-state index contributed by atoms with van der Waals surface area (Å²) < 4.78 is 47.9. The van der Waals surface area contributed by atoms with Crippen molar-refractivity contribution < 1.29 is 22.3 Å². The maximum atomic E-state index is 12.9. The molecule has 2 fully saturated rings. The highest BCUT2D eigenvalue weighted by Crippen LogP contribution is 2.44. The van der Waals surface area contributed by atoms with Gasteiger partial charge in [0, 0.05) is 47.9 Å². The Morgan fingerprint density at radius 1 is 1.11 bits per heavy atom. The van der Waals surface area contributed by atoms with E-state index < -0.39 is 20.6 Å². The van der Waals surface area contributed by atoms with Gasteiger partial charge in [-0.05, 0) is 61.1 Å². The van der Waals surface area contributed by atoms with Crippen LogP contribution in [0.15, 0.2) is 47.5 Å². The Morgan fingerprint density at radius 3 is 2.49 bits per heavy atom. The molecule has 0 saturated carbocycles. The maximum Gasteiger partial charge on any atom is 0.240 e. The summed E-state index contributed by atoms with van der Waals surface area (Å²) in [6, 6.07) is 10.2. The molecule has 0 aliphatic carbocycles. The molecule has 4 N–H and O–H groups in total. The first kappa shape index (κ1) is 24.3. The summed E-state index contributed by atoms with van der Waals surface area (Å²) in [4.78, 5) is 22.3. The lowest BCUT2D eigenvalue weighted by molar-refractivity contribution is -0.129. The van der Waals surface area contributed by atoms with Gasteiger partial charge in [0.25, 0.3) is 0 Å². The number of fused-ring (bicyclic) bond motifs is 1. The smallest absolute Gasteiger partial charge is 0.240 e. The van der Waals surface area contributed by atoms with Crippen molar-refractivity contribution in [3.63, 3.8) is 0 Å². The second-order valence-electron chi connectivity index (χ2n) is 9.31. The van der Waals surface area contributed by atoms with E-state index in [9.17, 15) is 22.3 Å². The number of hydrogen-bond acceptors (Lipinski definition) is 6. The van der Waals surface area contributed by atoms with Crippen LogP contribution in [0.4, 0.5) is 0 Å². The molecule has 0 atom stereocenters. The molecule has 2 aliphatic heterocycles. The van der Waals surface area contributed by atoms with Gasteiger partial charge in [-0.15, -0.1) is 0 Å². The van der Waals surface area contributed by atoms with Gasteiger partial charge in [0.05, 0.1) is 11.3 Å². The van der Waals surface area contributed by atoms with Gasteiger partial charge in [0.15, 0.2) is 0 Å². The Morgan fingerprint density at radius 2 is 1.80 bits per heavy atom. The van der Waals surface area contributed by atoms with Crippen molar-refractivity contribution in [1.29, 1.82) is 0 Å². The standard InChI is InChI=1S/C24H30N4O5S2/c29-23(28-11-1-2-12-28)16-19-15-22-21(7-10-25-24(22)26-19)17-3-5-20(6-4-17)35(32,33)27-18-8-13-34(30,31)14-9-18/h3-7,10,15,18,27,30-31H,1-2,8-9,11-14,16H2,(H,25,26). The summed E-state index contributed by atoms with van der Waals surface area (Å²) >= 11 is 0. The number of pyridine rings is 1. The lowest BCUT2D eigenvalue weighted by Gasteiger charge is -2.39. The van der Waals surface area contributed by atoms with Crippen LogP contribution in [0.1, 0.15) is 31.4 Å². The summed E-state index contributed by atoms with van der Waals surface area (Å²) in [5.74, 6) is 0.555. The van der Waals surface area contributed by atoms with Gasteiger partial charge in [0.2, 0.25) is 15.9 Å². The van der Waals surface area contributed by atoms with Crippen molar-refractivity contribution in [2.75, 3.05) is 24.6 Å². The van der Waals surface area contributed by atoms with Gasteiger partial charge in [-0.1, -0.05) is 12.1 Å². The van der Waals surface area contributed by atoms with E-state index in [-0.39, 0.29) is 28.4 Å². The second kappa shape index (κ2) is 9.55.